The summed E-state index contributed by atoms with van der Waals surface area (Å²) in [5.74, 6) is 6.38. The van der Waals surface area contributed by atoms with Crippen LogP contribution in [0.4, 0.5) is 0 Å². The summed E-state index contributed by atoms with van der Waals surface area (Å²) in [5.41, 5.74) is 1.30. The van der Waals surface area contributed by atoms with Gasteiger partial charge in [-0.2, -0.15) is 0 Å². The Kier molecular flexibility index (Phi) is 13.3. The first-order chi connectivity index (χ1) is 14.6. The van der Waals surface area contributed by atoms with Crippen molar-refractivity contribution in [3.05, 3.63) is 24.3 Å². The van der Waals surface area contributed by atoms with E-state index in [0.29, 0.717) is 30.8 Å². The van der Waals surface area contributed by atoms with Gasteiger partial charge in [-0.1, -0.05) is 36.7 Å². The molecule has 176 valence electrons. The van der Waals surface area contributed by atoms with Gasteiger partial charge in [0.1, 0.15) is 0 Å². The Bertz CT molecular complexity index is 612. The van der Waals surface area contributed by atoms with E-state index in [1.165, 1.54) is 23.5 Å². The molecule has 2 saturated heterocycles. The molecule has 0 aromatic rings. The number of thioether (sulfide) groups is 8. The molecule has 2 nitrogen and oxygen atoms in total. The van der Waals surface area contributed by atoms with Gasteiger partial charge in [-0.15, -0.1) is 70.6 Å². The minimum Gasteiger partial charge on any atom is -0.282 e. The van der Waals surface area contributed by atoms with Gasteiger partial charge in [-0.05, 0) is 38.8 Å². The molecule has 2 rings (SSSR count). The van der Waals surface area contributed by atoms with Crippen LogP contribution in [-0.4, -0.2) is 68.5 Å². The van der Waals surface area contributed by atoms with Crippen molar-refractivity contribution >= 4 is 104 Å². The zero-order chi connectivity index (χ0) is 23.0. The zero-order valence-electron chi connectivity index (χ0n) is 18.5. The fourth-order valence-electron chi connectivity index (χ4n) is 2.53. The second-order valence-electron chi connectivity index (χ2n) is 7.82. The van der Waals surface area contributed by atoms with E-state index in [4.69, 9.17) is 0 Å². The average molecular weight is 573 g/mol. The number of carbonyl (C=O) groups is 2. The van der Waals surface area contributed by atoms with Gasteiger partial charge in [-0.25, -0.2) is 0 Å². The molecule has 0 amide bonds. The predicted octanol–water partition coefficient (Wildman–Crippen LogP) is 7.21. The Hall–Kier alpha value is 1.62. The van der Waals surface area contributed by atoms with Crippen LogP contribution in [0, 0.1) is 0 Å². The normalized spacial score (nSPS) is 26.2. The van der Waals surface area contributed by atoms with Crippen molar-refractivity contribution < 1.29 is 9.59 Å². The Morgan fingerprint density at radius 1 is 0.806 bits per heavy atom. The second-order valence-corrected chi connectivity index (χ2v) is 19.4. The van der Waals surface area contributed by atoms with Gasteiger partial charge >= 0.3 is 0 Å². The van der Waals surface area contributed by atoms with Crippen LogP contribution in [-0.2, 0) is 9.59 Å². The predicted molar refractivity (Wildman–Crippen MR) is 159 cm³/mol. The minimum atomic E-state index is 0.131. The molecule has 2 aliphatic rings. The van der Waals surface area contributed by atoms with Crippen LogP contribution >= 0.6 is 94.1 Å². The molecular formula is C21H32O2S8. The molecule has 0 bridgehead atoms. The van der Waals surface area contributed by atoms with Gasteiger partial charge in [0, 0.05) is 45.0 Å². The van der Waals surface area contributed by atoms with Crippen LogP contribution in [0.3, 0.4) is 0 Å². The summed E-state index contributed by atoms with van der Waals surface area (Å²) < 4.78 is 1.45. The fraction of sp³-hybridized carbons (Fsp3) is 0.714. The second kappa shape index (κ2) is 14.2. The summed E-state index contributed by atoms with van der Waals surface area (Å²) in [6.45, 7) is 15.7. The lowest BCUT2D eigenvalue weighted by molar-refractivity contribution is -0.108. The maximum Gasteiger partial charge on any atom is 0.214 e. The highest BCUT2D eigenvalue weighted by molar-refractivity contribution is 8.25. The van der Waals surface area contributed by atoms with Crippen molar-refractivity contribution in [1.29, 1.82) is 0 Å². The molecule has 2 heterocycles. The minimum absolute atomic E-state index is 0.131. The van der Waals surface area contributed by atoms with Crippen molar-refractivity contribution in [2.75, 3.05) is 34.5 Å². The summed E-state index contributed by atoms with van der Waals surface area (Å²) in [4.78, 5) is 23.5. The quantitative estimate of drug-likeness (QED) is 0.177. The summed E-state index contributed by atoms with van der Waals surface area (Å²) in [6, 6.07) is 0. The van der Waals surface area contributed by atoms with E-state index >= 15 is 0 Å². The van der Waals surface area contributed by atoms with E-state index in [9.17, 15) is 9.59 Å². The number of rotatable bonds is 12. The Morgan fingerprint density at radius 2 is 1.19 bits per heavy atom. The smallest absolute Gasteiger partial charge is 0.214 e. The van der Waals surface area contributed by atoms with Gasteiger partial charge in [0.25, 0.3) is 0 Å². The van der Waals surface area contributed by atoms with Crippen LogP contribution in [0.25, 0.3) is 0 Å². The lowest BCUT2D eigenvalue weighted by Gasteiger charge is -2.26. The fourth-order valence-corrected chi connectivity index (χ4v) is 14.4. The molecule has 4 unspecified atom stereocenters. The molecule has 0 spiro atoms. The van der Waals surface area contributed by atoms with Crippen LogP contribution in [0.1, 0.15) is 27.7 Å². The SMILES string of the molecule is C=C(C)C(=O)SCC1CSC(CSC(C)(C)SCC2SCC(CSC(=O)C(=C)C)S2)S1. The standard InChI is InChI=1S/C21H32O2S8/c1-13(2)19(22)26-9-15-7-24-17(30-15)11-28-21(5,6)29-12-18-25-8-16(31-18)10-27-20(23)14(3)4/h15-18H,1,3,7-12H2,2,4-6H3. The first-order valence-corrected chi connectivity index (χ1v) is 18.0. The highest BCUT2D eigenvalue weighted by atomic mass is 32.2. The van der Waals surface area contributed by atoms with Gasteiger partial charge in [-0.3, -0.25) is 9.59 Å². The molecule has 0 saturated carbocycles. The average Bonchev–Trinajstić information content (AvgIpc) is 3.36. The van der Waals surface area contributed by atoms with Crippen LogP contribution < -0.4 is 0 Å². The van der Waals surface area contributed by atoms with E-state index in [1.807, 2.05) is 47.0 Å². The highest BCUT2D eigenvalue weighted by Crippen LogP contribution is 2.48. The largest absolute Gasteiger partial charge is 0.282 e. The van der Waals surface area contributed by atoms with Gasteiger partial charge in [0.05, 0.1) is 13.2 Å². The Balaban J connectivity index is 1.61. The molecule has 0 N–H and O–H groups in total. The Labute approximate surface area is 222 Å². The summed E-state index contributed by atoms with van der Waals surface area (Å²) in [5, 5.41) is 1.40. The Morgan fingerprint density at radius 3 is 1.55 bits per heavy atom. The van der Waals surface area contributed by atoms with Crippen LogP contribution in [0.2, 0.25) is 0 Å². The van der Waals surface area contributed by atoms with Gasteiger partial charge < -0.3 is 0 Å². The van der Waals surface area contributed by atoms with E-state index in [1.54, 1.807) is 13.8 Å². The zero-order valence-corrected chi connectivity index (χ0v) is 25.1. The number of hydrogen-bond acceptors (Lipinski definition) is 10. The van der Waals surface area contributed by atoms with Crippen molar-refractivity contribution in [2.24, 2.45) is 0 Å². The van der Waals surface area contributed by atoms with Crippen LogP contribution in [0.15, 0.2) is 24.3 Å². The van der Waals surface area contributed by atoms with E-state index < -0.39 is 0 Å². The number of hydrogen-bond donors (Lipinski definition) is 0. The molecule has 2 fully saturated rings. The molecular weight excluding hydrogens is 541 g/mol. The van der Waals surface area contributed by atoms with Crippen molar-refractivity contribution in [3.8, 4) is 0 Å². The molecule has 4 atom stereocenters. The highest BCUT2D eigenvalue weighted by Gasteiger charge is 2.32. The first kappa shape index (κ1) is 28.9. The summed E-state index contributed by atoms with van der Waals surface area (Å²) in [6.07, 6.45) is 0. The first-order valence-electron chi connectivity index (χ1n) is 10.0. The van der Waals surface area contributed by atoms with E-state index in [2.05, 4.69) is 50.5 Å². The van der Waals surface area contributed by atoms with Crippen LogP contribution in [0.5, 0.6) is 0 Å². The van der Waals surface area contributed by atoms with E-state index in [-0.39, 0.29) is 14.3 Å². The molecule has 2 aliphatic heterocycles. The third-order valence-corrected chi connectivity index (χ3v) is 17.5. The topological polar surface area (TPSA) is 34.1 Å². The molecule has 0 radical (unpaired) electrons. The monoisotopic (exact) mass is 572 g/mol. The lowest BCUT2D eigenvalue weighted by Crippen LogP contribution is -2.16. The third kappa shape index (κ3) is 11.3. The van der Waals surface area contributed by atoms with Crippen molar-refractivity contribution in [1.82, 2.24) is 0 Å². The third-order valence-electron chi connectivity index (χ3n) is 4.26. The maximum atomic E-state index is 11.8. The van der Waals surface area contributed by atoms with E-state index in [0.717, 1.165) is 34.5 Å². The number of carbonyl (C=O) groups excluding carboxylic acids is 2. The van der Waals surface area contributed by atoms with Gasteiger partial charge in [0.2, 0.25) is 10.2 Å². The maximum absolute atomic E-state index is 11.8. The molecule has 0 aliphatic carbocycles. The molecule has 0 aromatic heterocycles. The molecule has 10 heteroatoms. The summed E-state index contributed by atoms with van der Waals surface area (Å²) in [7, 11) is 0. The molecule has 31 heavy (non-hydrogen) atoms. The molecule has 0 aromatic carbocycles. The van der Waals surface area contributed by atoms with Gasteiger partial charge in [0.15, 0.2) is 0 Å². The van der Waals surface area contributed by atoms with Crippen molar-refractivity contribution in [3.63, 3.8) is 0 Å². The van der Waals surface area contributed by atoms with Crippen molar-refractivity contribution in [2.45, 2.75) is 51.4 Å². The summed E-state index contributed by atoms with van der Waals surface area (Å²) >= 11 is 15.2. The lowest BCUT2D eigenvalue weighted by atomic mass is 10.4.